The van der Waals surface area contributed by atoms with Crippen molar-refractivity contribution >= 4 is 54.5 Å². The van der Waals surface area contributed by atoms with Gasteiger partial charge in [-0.15, -0.1) is 11.3 Å². The minimum atomic E-state index is -0.573. The average molecular weight is 356 g/mol. The van der Waals surface area contributed by atoms with Crippen molar-refractivity contribution in [2.45, 2.75) is 0 Å². The van der Waals surface area contributed by atoms with Crippen molar-refractivity contribution in [3.8, 4) is 0 Å². The van der Waals surface area contributed by atoms with Crippen LogP contribution >= 0.6 is 27.3 Å². The minimum Gasteiger partial charge on any atom is -0.395 e. The molecule has 0 bridgehead atoms. The molecular formula is C13H8BrF2N3S. The highest BCUT2D eigenvalue weighted by atomic mass is 79.9. The smallest absolute Gasteiger partial charge is 0.147 e. The van der Waals surface area contributed by atoms with Gasteiger partial charge in [0.1, 0.15) is 17.2 Å². The Morgan fingerprint density at radius 3 is 2.75 bits per heavy atom. The molecule has 0 saturated carbocycles. The molecule has 0 aliphatic carbocycles. The lowest BCUT2D eigenvalue weighted by atomic mass is 10.2. The number of aromatic nitrogens is 1. The van der Waals surface area contributed by atoms with Crippen LogP contribution in [-0.2, 0) is 0 Å². The predicted molar refractivity (Wildman–Crippen MR) is 81.4 cm³/mol. The first-order valence-electron chi connectivity index (χ1n) is 5.59. The molecule has 0 aliphatic rings. The number of benzene rings is 2. The van der Waals surface area contributed by atoms with Crippen molar-refractivity contribution < 1.29 is 8.78 Å². The molecule has 0 unspecified atom stereocenters. The molecule has 0 spiro atoms. The van der Waals surface area contributed by atoms with Crippen molar-refractivity contribution in [2.75, 3.05) is 11.1 Å². The van der Waals surface area contributed by atoms with Crippen molar-refractivity contribution in [3.05, 3.63) is 45.9 Å². The molecule has 3 N–H and O–H groups in total. The van der Waals surface area contributed by atoms with Gasteiger partial charge in [-0.3, -0.25) is 0 Å². The van der Waals surface area contributed by atoms with E-state index in [1.54, 1.807) is 11.6 Å². The maximum Gasteiger partial charge on any atom is 0.147 e. The fourth-order valence-electron chi connectivity index (χ4n) is 1.82. The first-order chi connectivity index (χ1) is 9.56. The van der Waals surface area contributed by atoms with Gasteiger partial charge in [0, 0.05) is 6.07 Å². The predicted octanol–water partition coefficient (Wildman–Crippen LogP) is 4.66. The third kappa shape index (κ3) is 2.23. The SMILES string of the molecule is Nc1c(Nc2cc(F)c(Br)cc2F)ccc2scnc12. The maximum absolute atomic E-state index is 13.8. The van der Waals surface area contributed by atoms with Crippen molar-refractivity contribution in [3.63, 3.8) is 0 Å². The zero-order valence-corrected chi connectivity index (χ0v) is 12.4. The summed E-state index contributed by atoms with van der Waals surface area (Å²) < 4.78 is 28.3. The standard InChI is InChI=1S/C13H8BrF2N3S/c14-6-3-8(16)10(4-7(6)15)19-9-1-2-11-13(12(9)17)18-5-20-11/h1-5,19H,17H2. The van der Waals surface area contributed by atoms with E-state index in [0.717, 1.165) is 16.8 Å². The fraction of sp³-hybridized carbons (Fsp3) is 0. The van der Waals surface area contributed by atoms with Gasteiger partial charge < -0.3 is 11.1 Å². The molecule has 0 amide bonds. The lowest BCUT2D eigenvalue weighted by Crippen LogP contribution is -1.99. The number of rotatable bonds is 2. The average Bonchev–Trinajstić information content (AvgIpc) is 2.88. The minimum absolute atomic E-state index is 0.0204. The van der Waals surface area contributed by atoms with Gasteiger partial charge in [0.15, 0.2) is 0 Å². The lowest BCUT2D eigenvalue weighted by Gasteiger charge is -2.11. The van der Waals surface area contributed by atoms with Crippen molar-refractivity contribution in [1.29, 1.82) is 0 Å². The Labute approximate surface area is 125 Å². The number of hydrogen-bond acceptors (Lipinski definition) is 4. The summed E-state index contributed by atoms with van der Waals surface area (Å²) in [6.45, 7) is 0. The molecule has 3 rings (SSSR count). The van der Waals surface area contributed by atoms with Gasteiger partial charge >= 0.3 is 0 Å². The molecule has 1 aromatic heterocycles. The third-order valence-corrected chi connectivity index (χ3v) is 4.22. The van der Waals surface area contributed by atoms with Crippen LogP contribution < -0.4 is 11.1 Å². The normalized spacial score (nSPS) is 10.9. The number of nitrogens with two attached hydrogens (primary N) is 1. The molecule has 20 heavy (non-hydrogen) atoms. The Hall–Kier alpha value is -1.73. The summed E-state index contributed by atoms with van der Waals surface area (Å²) in [6.07, 6.45) is 0. The molecule has 1 heterocycles. The highest BCUT2D eigenvalue weighted by molar-refractivity contribution is 9.10. The van der Waals surface area contributed by atoms with Crippen LogP contribution in [0.1, 0.15) is 0 Å². The number of fused-ring (bicyclic) bond motifs is 1. The van der Waals surface area contributed by atoms with Crippen LogP contribution in [0.2, 0.25) is 0 Å². The van der Waals surface area contributed by atoms with E-state index in [-0.39, 0.29) is 10.2 Å². The van der Waals surface area contributed by atoms with Gasteiger partial charge in [0.2, 0.25) is 0 Å². The number of anilines is 3. The second-order valence-electron chi connectivity index (χ2n) is 4.10. The van der Waals surface area contributed by atoms with Gasteiger partial charge in [0.05, 0.1) is 31.7 Å². The summed E-state index contributed by atoms with van der Waals surface area (Å²) in [5, 5.41) is 2.79. The van der Waals surface area contributed by atoms with E-state index in [0.29, 0.717) is 16.9 Å². The van der Waals surface area contributed by atoms with Gasteiger partial charge in [0.25, 0.3) is 0 Å². The highest BCUT2D eigenvalue weighted by Gasteiger charge is 2.11. The van der Waals surface area contributed by atoms with Gasteiger partial charge in [-0.2, -0.15) is 0 Å². The molecule has 102 valence electrons. The molecule has 3 nitrogen and oxygen atoms in total. The number of nitrogens with zero attached hydrogens (tertiary/aromatic N) is 1. The first-order valence-corrected chi connectivity index (χ1v) is 7.27. The van der Waals surface area contributed by atoms with Crippen LogP contribution in [0.3, 0.4) is 0 Å². The second-order valence-corrected chi connectivity index (χ2v) is 5.84. The highest BCUT2D eigenvalue weighted by Crippen LogP contribution is 2.33. The molecule has 0 atom stereocenters. The Morgan fingerprint density at radius 1 is 1.15 bits per heavy atom. The summed E-state index contributed by atoms with van der Waals surface area (Å²) in [4.78, 5) is 4.15. The first kappa shape index (κ1) is 13.3. The van der Waals surface area contributed by atoms with Gasteiger partial charge in [-0.25, -0.2) is 13.8 Å². The van der Waals surface area contributed by atoms with Crippen LogP contribution in [0, 0.1) is 11.6 Å². The van der Waals surface area contributed by atoms with Gasteiger partial charge in [-0.1, -0.05) is 0 Å². The van der Waals surface area contributed by atoms with E-state index in [9.17, 15) is 8.78 Å². The monoisotopic (exact) mass is 355 g/mol. The summed E-state index contributed by atoms with van der Waals surface area (Å²) in [5.74, 6) is -1.13. The molecule has 0 radical (unpaired) electrons. The molecule has 0 aliphatic heterocycles. The van der Waals surface area contributed by atoms with Crippen LogP contribution in [0.5, 0.6) is 0 Å². The van der Waals surface area contributed by atoms with Crippen molar-refractivity contribution in [2.24, 2.45) is 0 Å². The quantitative estimate of drug-likeness (QED) is 0.519. The van der Waals surface area contributed by atoms with Crippen molar-refractivity contribution in [1.82, 2.24) is 4.98 Å². The Morgan fingerprint density at radius 2 is 1.95 bits per heavy atom. The molecule has 0 saturated heterocycles. The zero-order valence-electron chi connectivity index (χ0n) is 9.95. The van der Waals surface area contributed by atoms with Gasteiger partial charge in [-0.05, 0) is 34.1 Å². The number of hydrogen-bond donors (Lipinski definition) is 2. The second kappa shape index (κ2) is 4.99. The molecule has 2 aromatic carbocycles. The summed E-state index contributed by atoms with van der Waals surface area (Å²) in [6, 6.07) is 5.69. The summed E-state index contributed by atoms with van der Waals surface area (Å²) >= 11 is 4.40. The number of nitrogens with one attached hydrogen (secondary N) is 1. The summed E-state index contributed by atoms with van der Waals surface area (Å²) in [5.41, 5.74) is 9.24. The largest absolute Gasteiger partial charge is 0.395 e. The van der Waals surface area contributed by atoms with E-state index in [4.69, 9.17) is 5.73 Å². The van der Waals surface area contributed by atoms with E-state index < -0.39 is 11.6 Å². The number of nitrogen functional groups attached to an aromatic ring is 1. The van der Waals surface area contributed by atoms with Crippen LogP contribution in [0.25, 0.3) is 10.2 Å². The van der Waals surface area contributed by atoms with Crippen LogP contribution in [0.4, 0.5) is 25.8 Å². The summed E-state index contributed by atoms with van der Waals surface area (Å²) in [7, 11) is 0. The zero-order chi connectivity index (χ0) is 14.3. The van der Waals surface area contributed by atoms with E-state index in [1.165, 1.54) is 11.3 Å². The molecule has 0 fully saturated rings. The Kier molecular flexibility index (Phi) is 3.31. The third-order valence-electron chi connectivity index (χ3n) is 2.82. The maximum atomic E-state index is 13.8. The van der Waals surface area contributed by atoms with Crippen LogP contribution in [-0.4, -0.2) is 4.98 Å². The number of halogens is 3. The van der Waals surface area contributed by atoms with E-state index in [1.807, 2.05) is 6.07 Å². The lowest BCUT2D eigenvalue weighted by molar-refractivity contribution is 0.598. The molecular weight excluding hydrogens is 348 g/mol. The fourth-order valence-corrected chi connectivity index (χ4v) is 2.83. The topological polar surface area (TPSA) is 50.9 Å². The molecule has 3 aromatic rings. The Bertz CT molecular complexity index is 804. The van der Waals surface area contributed by atoms with Crippen LogP contribution in [0.15, 0.2) is 34.2 Å². The molecule has 7 heteroatoms. The number of thiazole rings is 1. The van der Waals surface area contributed by atoms with E-state index >= 15 is 0 Å². The Balaban J connectivity index is 2.05. The van der Waals surface area contributed by atoms with E-state index in [2.05, 4.69) is 26.2 Å².